The molecule has 2 aromatic heterocycles. The number of Topliss-reactive ketones (excluding diaryl/α,β-unsaturated/α-hetero) is 1. The summed E-state index contributed by atoms with van der Waals surface area (Å²) in [6.07, 6.45) is 3.40. The molecule has 0 saturated heterocycles. The van der Waals surface area contributed by atoms with Gasteiger partial charge in [-0.05, 0) is 6.07 Å². The van der Waals surface area contributed by atoms with Crippen molar-refractivity contribution in [3.8, 4) is 10.6 Å². The predicted octanol–water partition coefficient (Wildman–Crippen LogP) is 3.66. The summed E-state index contributed by atoms with van der Waals surface area (Å²) >= 11 is 7.29. The second-order valence-electron chi connectivity index (χ2n) is 3.82. The number of pyridine rings is 1. The van der Waals surface area contributed by atoms with Crippen molar-refractivity contribution in [1.29, 1.82) is 0 Å². The summed E-state index contributed by atoms with van der Waals surface area (Å²) in [6.45, 7) is 5.76. The van der Waals surface area contributed by atoms with Crippen LogP contribution in [0.1, 0.15) is 17.4 Å². The Morgan fingerprint density at radius 2 is 2.42 bits per heavy atom. The number of rotatable bonds is 5. The quantitative estimate of drug-likeness (QED) is 0.519. The number of halogens is 1. The van der Waals surface area contributed by atoms with Gasteiger partial charge < -0.3 is 5.32 Å². The third kappa shape index (κ3) is 3.19. The van der Waals surface area contributed by atoms with Crippen LogP contribution in [0.4, 0.5) is 5.69 Å². The predicted molar refractivity (Wildman–Crippen MR) is 79.0 cm³/mol. The molecule has 0 aliphatic rings. The van der Waals surface area contributed by atoms with Gasteiger partial charge in [0, 0.05) is 30.7 Å². The molecule has 1 N–H and O–H groups in total. The number of carbonyl (C=O) groups excluding carboxylic acids is 1. The van der Waals surface area contributed by atoms with Gasteiger partial charge in [-0.3, -0.25) is 4.79 Å². The van der Waals surface area contributed by atoms with Gasteiger partial charge in [0.25, 0.3) is 0 Å². The van der Waals surface area contributed by atoms with Crippen molar-refractivity contribution < 1.29 is 4.79 Å². The van der Waals surface area contributed by atoms with Gasteiger partial charge >= 0.3 is 0 Å². The fourth-order valence-corrected chi connectivity index (χ4v) is 2.53. The zero-order valence-electron chi connectivity index (χ0n) is 10.3. The second kappa shape index (κ2) is 5.95. The molecule has 0 radical (unpaired) electrons. The van der Waals surface area contributed by atoms with E-state index in [1.807, 2.05) is 0 Å². The van der Waals surface area contributed by atoms with E-state index >= 15 is 0 Å². The molecule has 4 nitrogen and oxygen atoms in total. The van der Waals surface area contributed by atoms with Crippen molar-refractivity contribution in [3.05, 3.63) is 41.1 Å². The van der Waals surface area contributed by atoms with Crippen LogP contribution in [0.3, 0.4) is 0 Å². The maximum atomic E-state index is 11.3. The smallest absolute Gasteiger partial charge is 0.178 e. The Kier molecular flexibility index (Phi) is 4.29. The topological polar surface area (TPSA) is 54.9 Å². The number of nitrogens with zero attached hydrogens (tertiary/aromatic N) is 2. The molecule has 2 heterocycles. The van der Waals surface area contributed by atoms with E-state index < -0.39 is 0 Å². The highest BCUT2D eigenvalue weighted by atomic mass is 35.5. The van der Waals surface area contributed by atoms with Gasteiger partial charge in [0.05, 0.1) is 5.56 Å². The summed E-state index contributed by atoms with van der Waals surface area (Å²) < 4.78 is 0. The largest absolute Gasteiger partial charge is 0.381 e. The third-order valence-electron chi connectivity index (χ3n) is 2.40. The number of anilines is 1. The Morgan fingerprint density at radius 1 is 1.63 bits per heavy atom. The van der Waals surface area contributed by atoms with E-state index in [9.17, 15) is 4.79 Å². The molecule has 0 bridgehead atoms. The molecule has 0 amide bonds. The van der Waals surface area contributed by atoms with Gasteiger partial charge in [0.2, 0.25) is 0 Å². The van der Waals surface area contributed by atoms with Crippen molar-refractivity contribution in [2.24, 2.45) is 0 Å². The van der Waals surface area contributed by atoms with E-state index in [0.717, 1.165) is 16.3 Å². The fourth-order valence-electron chi connectivity index (χ4n) is 1.49. The zero-order chi connectivity index (χ0) is 13.8. The van der Waals surface area contributed by atoms with Gasteiger partial charge in [0.1, 0.15) is 15.9 Å². The first-order valence-corrected chi connectivity index (χ1v) is 6.84. The Bertz CT molecular complexity index is 624. The molecule has 19 heavy (non-hydrogen) atoms. The average molecular weight is 294 g/mol. The van der Waals surface area contributed by atoms with Gasteiger partial charge in [-0.2, -0.15) is 0 Å². The lowest BCUT2D eigenvalue weighted by atomic mass is 10.2. The summed E-state index contributed by atoms with van der Waals surface area (Å²) in [7, 11) is 0. The normalized spacial score (nSPS) is 10.2. The fraction of sp³-hybridized carbons (Fsp3) is 0.154. The molecule has 98 valence electrons. The van der Waals surface area contributed by atoms with Crippen molar-refractivity contribution in [1.82, 2.24) is 9.97 Å². The second-order valence-corrected chi connectivity index (χ2v) is 5.06. The first-order chi connectivity index (χ1) is 9.11. The molecule has 2 rings (SSSR count). The molecular formula is C13H12ClN3OS. The summed E-state index contributed by atoms with van der Waals surface area (Å²) in [6, 6.07) is 1.73. The highest BCUT2D eigenvalue weighted by Gasteiger charge is 2.12. The molecular weight excluding hydrogens is 282 g/mol. The Labute approximate surface area is 120 Å². The molecule has 0 fully saturated rings. The van der Waals surface area contributed by atoms with E-state index in [2.05, 4.69) is 21.9 Å². The number of hydrogen-bond donors (Lipinski definition) is 1. The standard InChI is InChI=1S/C13H12ClN3OS/c1-3-4-15-10-5-12(14)16-6-9(10)13-17-11(7-19-13)8(2)18/h3,5-7H,1,4H2,2H3,(H,15,16). The lowest BCUT2D eigenvalue weighted by Gasteiger charge is -2.08. The van der Waals surface area contributed by atoms with Crippen LogP contribution in [0.25, 0.3) is 10.6 Å². The van der Waals surface area contributed by atoms with Crippen molar-refractivity contribution in [2.75, 3.05) is 11.9 Å². The van der Waals surface area contributed by atoms with E-state index in [4.69, 9.17) is 11.6 Å². The number of hydrogen-bond acceptors (Lipinski definition) is 5. The Hall–Kier alpha value is -1.72. The monoisotopic (exact) mass is 293 g/mol. The number of ketones is 1. The van der Waals surface area contributed by atoms with Gasteiger partial charge in [-0.25, -0.2) is 9.97 Å². The van der Waals surface area contributed by atoms with Gasteiger partial charge in [-0.15, -0.1) is 17.9 Å². The zero-order valence-corrected chi connectivity index (χ0v) is 11.9. The SMILES string of the molecule is C=CCNc1cc(Cl)ncc1-c1nc(C(C)=O)cs1. The third-order valence-corrected chi connectivity index (χ3v) is 3.49. The number of nitrogens with one attached hydrogen (secondary N) is 1. The van der Waals surface area contributed by atoms with Crippen LogP contribution < -0.4 is 5.32 Å². The molecule has 0 unspecified atom stereocenters. The number of thiazole rings is 1. The molecule has 0 spiro atoms. The van der Waals surface area contributed by atoms with Crippen LogP contribution in [0.5, 0.6) is 0 Å². The number of carbonyl (C=O) groups is 1. The van der Waals surface area contributed by atoms with Crippen LogP contribution in [-0.4, -0.2) is 22.3 Å². The molecule has 2 aromatic rings. The molecule has 0 atom stereocenters. The van der Waals surface area contributed by atoms with E-state index in [1.165, 1.54) is 18.3 Å². The van der Waals surface area contributed by atoms with Gasteiger partial charge in [-0.1, -0.05) is 17.7 Å². The lowest BCUT2D eigenvalue weighted by Crippen LogP contribution is -2.00. The Morgan fingerprint density at radius 3 is 3.05 bits per heavy atom. The number of aromatic nitrogens is 2. The summed E-state index contributed by atoms with van der Waals surface area (Å²) in [4.78, 5) is 19.6. The van der Waals surface area contributed by atoms with Crippen LogP contribution in [0.2, 0.25) is 5.15 Å². The first kappa shape index (κ1) is 13.7. The van der Waals surface area contributed by atoms with E-state index in [0.29, 0.717) is 17.4 Å². The Balaban J connectivity index is 2.41. The first-order valence-electron chi connectivity index (χ1n) is 5.59. The maximum Gasteiger partial charge on any atom is 0.178 e. The molecule has 6 heteroatoms. The van der Waals surface area contributed by atoms with Crippen LogP contribution in [0, 0.1) is 0 Å². The molecule has 0 aromatic carbocycles. The maximum absolute atomic E-state index is 11.3. The van der Waals surface area contributed by atoms with E-state index in [-0.39, 0.29) is 5.78 Å². The highest BCUT2D eigenvalue weighted by Crippen LogP contribution is 2.31. The van der Waals surface area contributed by atoms with Crippen LogP contribution in [0.15, 0.2) is 30.3 Å². The summed E-state index contributed by atoms with van der Waals surface area (Å²) in [5.74, 6) is -0.0509. The summed E-state index contributed by atoms with van der Waals surface area (Å²) in [5.41, 5.74) is 2.11. The molecule has 0 saturated carbocycles. The lowest BCUT2D eigenvalue weighted by molar-refractivity contribution is 0.101. The van der Waals surface area contributed by atoms with Gasteiger partial charge in [0.15, 0.2) is 5.78 Å². The minimum atomic E-state index is -0.0509. The highest BCUT2D eigenvalue weighted by molar-refractivity contribution is 7.13. The van der Waals surface area contributed by atoms with Crippen molar-refractivity contribution >= 4 is 34.4 Å². The summed E-state index contributed by atoms with van der Waals surface area (Å²) in [5, 5.41) is 6.06. The minimum absolute atomic E-state index is 0.0509. The average Bonchev–Trinajstić information content (AvgIpc) is 2.86. The van der Waals surface area contributed by atoms with E-state index in [1.54, 1.807) is 23.7 Å². The van der Waals surface area contributed by atoms with Crippen LogP contribution in [-0.2, 0) is 0 Å². The van der Waals surface area contributed by atoms with Crippen molar-refractivity contribution in [3.63, 3.8) is 0 Å². The van der Waals surface area contributed by atoms with Crippen LogP contribution >= 0.6 is 22.9 Å². The molecule has 0 aliphatic carbocycles. The van der Waals surface area contributed by atoms with Crippen molar-refractivity contribution in [2.45, 2.75) is 6.92 Å². The molecule has 0 aliphatic heterocycles. The minimum Gasteiger partial charge on any atom is -0.381 e.